The van der Waals surface area contributed by atoms with Crippen molar-refractivity contribution in [3.8, 4) is 0 Å². The summed E-state index contributed by atoms with van der Waals surface area (Å²) in [6.45, 7) is 1.37. The van der Waals surface area contributed by atoms with E-state index in [1.807, 2.05) is 18.2 Å². The Bertz CT molecular complexity index is 842. The molecule has 1 aromatic carbocycles. The predicted molar refractivity (Wildman–Crippen MR) is 120 cm³/mol. The van der Waals surface area contributed by atoms with Crippen LogP contribution in [0.2, 0.25) is 0 Å². The van der Waals surface area contributed by atoms with E-state index in [9.17, 15) is 19.6 Å². The monoisotopic (exact) mass is 443 g/mol. The Labute approximate surface area is 188 Å². The smallest absolute Gasteiger partial charge is 0.248 e. The number of nitrogens with zero attached hydrogens (tertiary/aromatic N) is 2. The Hall–Kier alpha value is -2.65. The molecule has 0 radical (unpaired) electrons. The van der Waals surface area contributed by atoms with Gasteiger partial charge in [-0.15, -0.1) is 0 Å². The molecule has 0 aromatic heterocycles. The number of hydroxylamine groups is 2. The van der Waals surface area contributed by atoms with Crippen LogP contribution in [0.3, 0.4) is 0 Å². The maximum Gasteiger partial charge on any atom is 0.248 e. The maximum atomic E-state index is 13.4. The second-order valence-corrected chi connectivity index (χ2v) is 9.08. The third kappa shape index (κ3) is 5.05. The van der Waals surface area contributed by atoms with E-state index in [-0.39, 0.29) is 18.4 Å². The Morgan fingerprint density at radius 1 is 1.22 bits per heavy atom. The number of fused-ring (bicyclic) bond motifs is 1. The van der Waals surface area contributed by atoms with E-state index in [0.29, 0.717) is 36.8 Å². The van der Waals surface area contributed by atoms with Gasteiger partial charge in [0.2, 0.25) is 18.2 Å². The molecule has 1 saturated carbocycles. The lowest BCUT2D eigenvalue weighted by atomic mass is 9.92. The van der Waals surface area contributed by atoms with Crippen LogP contribution in [-0.2, 0) is 20.8 Å². The lowest BCUT2D eigenvalue weighted by Crippen LogP contribution is -2.51. The SMILES string of the molecule is O=CN(O)CC(CC1CCCC1)C(=O)N1NCCC1C(=O)Nc1cccc2c1CCCN2. The zero-order chi connectivity index (χ0) is 22.5. The summed E-state index contributed by atoms with van der Waals surface area (Å²) in [6.07, 6.45) is 7.74. The molecule has 9 nitrogen and oxygen atoms in total. The fraction of sp³-hybridized carbons (Fsp3) is 0.609. The van der Waals surface area contributed by atoms with Crippen molar-refractivity contribution in [2.45, 2.75) is 57.4 Å². The average molecular weight is 444 g/mol. The highest BCUT2D eigenvalue weighted by molar-refractivity contribution is 5.98. The highest BCUT2D eigenvalue weighted by Crippen LogP contribution is 2.32. The van der Waals surface area contributed by atoms with Crippen molar-refractivity contribution >= 4 is 29.6 Å². The fourth-order valence-electron chi connectivity index (χ4n) is 5.25. The number of carbonyl (C=O) groups is 3. The molecule has 9 heteroatoms. The quantitative estimate of drug-likeness (QED) is 0.278. The van der Waals surface area contributed by atoms with Crippen LogP contribution in [0.25, 0.3) is 0 Å². The third-order valence-corrected chi connectivity index (χ3v) is 6.88. The largest absolute Gasteiger partial charge is 0.385 e. The topological polar surface area (TPSA) is 114 Å². The molecule has 0 spiro atoms. The number of hydrogen-bond donors (Lipinski definition) is 4. The number of benzene rings is 1. The zero-order valence-electron chi connectivity index (χ0n) is 18.4. The minimum Gasteiger partial charge on any atom is -0.385 e. The van der Waals surface area contributed by atoms with Crippen LogP contribution in [-0.4, -0.2) is 59.2 Å². The molecule has 2 fully saturated rings. The van der Waals surface area contributed by atoms with Gasteiger partial charge in [-0.25, -0.2) is 10.5 Å². The van der Waals surface area contributed by atoms with Crippen LogP contribution >= 0.6 is 0 Å². The molecule has 3 amide bonds. The molecule has 3 aliphatic rings. The minimum absolute atomic E-state index is 0.0663. The predicted octanol–water partition coefficient (Wildman–Crippen LogP) is 2.13. The van der Waals surface area contributed by atoms with E-state index in [1.54, 1.807) is 0 Å². The number of nitrogens with one attached hydrogen (secondary N) is 3. The molecule has 1 saturated heterocycles. The van der Waals surface area contributed by atoms with Crippen LogP contribution in [0.4, 0.5) is 11.4 Å². The summed E-state index contributed by atoms with van der Waals surface area (Å²) in [5.41, 5.74) is 5.97. The minimum atomic E-state index is -0.635. The van der Waals surface area contributed by atoms with E-state index in [1.165, 1.54) is 5.01 Å². The van der Waals surface area contributed by atoms with Gasteiger partial charge in [-0.1, -0.05) is 31.7 Å². The van der Waals surface area contributed by atoms with Crippen molar-refractivity contribution in [1.82, 2.24) is 15.5 Å². The normalized spacial score (nSPS) is 21.5. The van der Waals surface area contributed by atoms with E-state index in [2.05, 4.69) is 16.1 Å². The molecule has 2 unspecified atom stereocenters. The molecule has 1 aliphatic carbocycles. The number of rotatable bonds is 8. The van der Waals surface area contributed by atoms with Crippen LogP contribution in [0.5, 0.6) is 0 Å². The van der Waals surface area contributed by atoms with Crippen molar-refractivity contribution in [2.75, 3.05) is 30.3 Å². The Balaban J connectivity index is 1.46. The number of carbonyl (C=O) groups excluding carboxylic acids is 3. The highest BCUT2D eigenvalue weighted by Gasteiger charge is 2.39. The van der Waals surface area contributed by atoms with Gasteiger partial charge < -0.3 is 10.6 Å². The molecule has 2 heterocycles. The molecule has 2 atom stereocenters. The lowest BCUT2D eigenvalue weighted by Gasteiger charge is -2.30. The van der Waals surface area contributed by atoms with Crippen LogP contribution in [0.15, 0.2) is 18.2 Å². The first kappa shape index (κ1) is 22.5. The molecular weight excluding hydrogens is 410 g/mol. The van der Waals surface area contributed by atoms with Crippen molar-refractivity contribution in [3.05, 3.63) is 23.8 Å². The van der Waals surface area contributed by atoms with Gasteiger partial charge >= 0.3 is 0 Å². The number of hydrogen-bond acceptors (Lipinski definition) is 6. The maximum absolute atomic E-state index is 13.4. The van der Waals surface area contributed by atoms with Crippen molar-refractivity contribution in [2.24, 2.45) is 11.8 Å². The number of hydrazine groups is 1. The Morgan fingerprint density at radius 3 is 2.81 bits per heavy atom. The van der Waals surface area contributed by atoms with Gasteiger partial charge in [0.25, 0.3) is 0 Å². The molecule has 174 valence electrons. The molecule has 4 rings (SSSR count). The zero-order valence-corrected chi connectivity index (χ0v) is 18.4. The summed E-state index contributed by atoms with van der Waals surface area (Å²) < 4.78 is 0. The summed E-state index contributed by atoms with van der Waals surface area (Å²) in [4.78, 5) is 37.6. The molecule has 2 aliphatic heterocycles. The van der Waals surface area contributed by atoms with Gasteiger partial charge in [-0.2, -0.15) is 0 Å². The Morgan fingerprint density at radius 2 is 2.03 bits per heavy atom. The van der Waals surface area contributed by atoms with Crippen LogP contribution < -0.4 is 16.1 Å². The summed E-state index contributed by atoms with van der Waals surface area (Å²) >= 11 is 0. The Kier molecular flexibility index (Phi) is 7.26. The fourth-order valence-corrected chi connectivity index (χ4v) is 5.25. The molecule has 32 heavy (non-hydrogen) atoms. The van der Waals surface area contributed by atoms with E-state index < -0.39 is 12.0 Å². The van der Waals surface area contributed by atoms with Gasteiger partial charge in [0.15, 0.2) is 0 Å². The van der Waals surface area contributed by atoms with Gasteiger partial charge in [-0.3, -0.25) is 24.6 Å². The van der Waals surface area contributed by atoms with E-state index in [0.717, 1.165) is 62.0 Å². The summed E-state index contributed by atoms with van der Waals surface area (Å²) in [5.74, 6) is -0.615. The van der Waals surface area contributed by atoms with Gasteiger partial charge in [0.05, 0.1) is 12.5 Å². The number of anilines is 2. The van der Waals surface area contributed by atoms with Gasteiger partial charge in [0.1, 0.15) is 6.04 Å². The first-order chi connectivity index (χ1) is 15.6. The summed E-state index contributed by atoms with van der Waals surface area (Å²) in [5, 5.41) is 18.1. The second kappa shape index (κ2) is 10.3. The van der Waals surface area contributed by atoms with Crippen LogP contribution in [0.1, 0.15) is 50.5 Å². The van der Waals surface area contributed by atoms with Crippen molar-refractivity contribution in [1.29, 1.82) is 0 Å². The van der Waals surface area contributed by atoms with Crippen molar-refractivity contribution in [3.63, 3.8) is 0 Å². The van der Waals surface area contributed by atoms with Gasteiger partial charge in [0, 0.05) is 24.5 Å². The first-order valence-corrected chi connectivity index (χ1v) is 11.7. The lowest BCUT2D eigenvalue weighted by molar-refractivity contribution is -0.159. The standard InChI is InChI=1S/C23H33N5O4/c29-15-27(32)14-17(13-16-5-1-2-6-16)23(31)28-21(10-12-25-28)22(30)26-20-9-3-8-19-18(20)7-4-11-24-19/h3,8-9,15-17,21,24-25,32H,1-2,4-7,10-14H2,(H,26,30). The summed E-state index contributed by atoms with van der Waals surface area (Å²) in [6, 6.07) is 5.19. The molecule has 1 aromatic rings. The van der Waals surface area contributed by atoms with Gasteiger partial charge in [-0.05, 0) is 49.3 Å². The second-order valence-electron chi connectivity index (χ2n) is 9.08. The first-order valence-electron chi connectivity index (χ1n) is 11.7. The van der Waals surface area contributed by atoms with Crippen LogP contribution in [0, 0.1) is 11.8 Å². The molecular formula is C23H33N5O4. The van der Waals surface area contributed by atoms with Crippen molar-refractivity contribution < 1.29 is 19.6 Å². The van der Waals surface area contributed by atoms with E-state index in [4.69, 9.17) is 0 Å². The molecule has 0 bridgehead atoms. The average Bonchev–Trinajstić information content (AvgIpc) is 3.50. The number of amides is 3. The third-order valence-electron chi connectivity index (χ3n) is 6.88. The summed E-state index contributed by atoms with van der Waals surface area (Å²) in [7, 11) is 0. The highest BCUT2D eigenvalue weighted by atomic mass is 16.5. The molecule has 4 N–H and O–H groups in total. The van der Waals surface area contributed by atoms with E-state index >= 15 is 0 Å².